The minimum atomic E-state index is -0.768. The molecular weight excluding hydrogens is 949 g/mol. The van der Waals surface area contributed by atoms with E-state index in [4.69, 9.17) is 14.2 Å². The Morgan fingerprint density at radius 1 is 0.247 bits per heavy atom. The first-order valence-electron chi connectivity index (χ1n) is 35.2. The summed E-state index contributed by atoms with van der Waals surface area (Å²) in [5, 5.41) is 0. The van der Waals surface area contributed by atoms with Crippen molar-refractivity contribution < 1.29 is 28.6 Å². The molecule has 0 fully saturated rings. The third kappa shape index (κ3) is 64.9. The number of allylic oxidation sites excluding steroid dienone is 2. The van der Waals surface area contributed by atoms with Crippen LogP contribution in [0, 0.1) is 0 Å². The van der Waals surface area contributed by atoms with Crippen molar-refractivity contribution in [3.63, 3.8) is 0 Å². The van der Waals surface area contributed by atoms with Crippen LogP contribution in [0.5, 0.6) is 0 Å². The Morgan fingerprint density at radius 3 is 0.701 bits per heavy atom. The SMILES string of the molecule is CCC/C=C\CCCCCCCC(=O)OCC(COC(=O)CCCCCCCCCCCCCCCCCCCCCCCCCCCCCCCCCCCC)OC(=O)CCCCCCCCCCCCCCCCC. The molecule has 0 heterocycles. The zero-order valence-corrected chi connectivity index (χ0v) is 52.5. The summed E-state index contributed by atoms with van der Waals surface area (Å²) in [6.45, 7) is 6.65. The van der Waals surface area contributed by atoms with E-state index in [1.165, 1.54) is 295 Å². The zero-order chi connectivity index (χ0) is 55.7. The first-order chi connectivity index (χ1) is 38.0. The van der Waals surface area contributed by atoms with Crippen LogP contribution in [-0.4, -0.2) is 37.2 Å². The molecule has 1 unspecified atom stereocenters. The van der Waals surface area contributed by atoms with E-state index in [1.807, 2.05) is 0 Å². The lowest BCUT2D eigenvalue weighted by molar-refractivity contribution is -0.167. The molecule has 0 saturated carbocycles. The quantitative estimate of drug-likeness (QED) is 0.0261. The lowest BCUT2D eigenvalue weighted by Crippen LogP contribution is -2.30. The van der Waals surface area contributed by atoms with E-state index in [0.29, 0.717) is 19.3 Å². The molecule has 0 aromatic carbocycles. The third-order valence-corrected chi connectivity index (χ3v) is 16.3. The predicted octanol–water partition coefficient (Wildman–Crippen LogP) is 24.0. The van der Waals surface area contributed by atoms with Gasteiger partial charge >= 0.3 is 17.9 Å². The molecule has 0 aliphatic heterocycles. The van der Waals surface area contributed by atoms with Crippen LogP contribution in [0.3, 0.4) is 0 Å². The molecule has 0 amide bonds. The number of carbonyl (C=O) groups excluding carboxylic acids is 3. The van der Waals surface area contributed by atoms with Crippen LogP contribution in [0.25, 0.3) is 0 Å². The van der Waals surface area contributed by atoms with Gasteiger partial charge in [-0.25, -0.2) is 0 Å². The van der Waals surface area contributed by atoms with Gasteiger partial charge in [-0.2, -0.15) is 0 Å². The number of esters is 3. The van der Waals surface area contributed by atoms with Crippen LogP contribution < -0.4 is 0 Å². The number of rotatable bonds is 66. The highest BCUT2D eigenvalue weighted by Gasteiger charge is 2.19. The summed E-state index contributed by atoms with van der Waals surface area (Å²) >= 11 is 0. The molecule has 6 heteroatoms. The predicted molar refractivity (Wildman–Crippen MR) is 335 cm³/mol. The highest BCUT2D eigenvalue weighted by atomic mass is 16.6. The van der Waals surface area contributed by atoms with Crippen molar-refractivity contribution in [1.29, 1.82) is 0 Å². The molecule has 0 spiro atoms. The average molecular weight is 1090 g/mol. The van der Waals surface area contributed by atoms with Crippen molar-refractivity contribution >= 4 is 17.9 Å². The van der Waals surface area contributed by atoms with Gasteiger partial charge in [0.25, 0.3) is 0 Å². The van der Waals surface area contributed by atoms with Gasteiger partial charge in [0, 0.05) is 19.3 Å². The van der Waals surface area contributed by atoms with Gasteiger partial charge in [-0.1, -0.05) is 360 Å². The highest BCUT2D eigenvalue weighted by Crippen LogP contribution is 2.19. The van der Waals surface area contributed by atoms with Crippen molar-refractivity contribution in [3.8, 4) is 0 Å². The van der Waals surface area contributed by atoms with Crippen molar-refractivity contribution in [1.82, 2.24) is 0 Å². The Bertz CT molecular complexity index is 1200. The molecule has 0 saturated heterocycles. The van der Waals surface area contributed by atoms with Gasteiger partial charge in [0.1, 0.15) is 13.2 Å². The molecule has 0 aromatic heterocycles. The van der Waals surface area contributed by atoms with E-state index in [9.17, 15) is 14.4 Å². The molecule has 456 valence electrons. The van der Waals surface area contributed by atoms with Gasteiger partial charge < -0.3 is 14.2 Å². The largest absolute Gasteiger partial charge is 0.462 e. The molecule has 0 aliphatic rings. The summed E-state index contributed by atoms with van der Waals surface area (Å²) in [7, 11) is 0. The van der Waals surface area contributed by atoms with E-state index >= 15 is 0 Å². The number of carbonyl (C=O) groups is 3. The normalized spacial score (nSPS) is 12.0. The molecule has 0 rings (SSSR count). The maximum absolute atomic E-state index is 12.9. The summed E-state index contributed by atoms with van der Waals surface area (Å²) in [6, 6.07) is 0. The van der Waals surface area contributed by atoms with Crippen LogP contribution >= 0.6 is 0 Å². The fraction of sp³-hybridized carbons (Fsp3) is 0.930. The van der Waals surface area contributed by atoms with Crippen LogP contribution in [0.4, 0.5) is 0 Å². The number of unbranched alkanes of at least 4 members (excludes halogenated alkanes) is 53. The van der Waals surface area contributed by atoms with E-state index in [0.717, 1.165) is 70.6 Å². The molecule has 0 aliphatic carbocycles. The van der Waals surface area contributed by atoms with E-state index in [-0.39, 0.29) is 31.1 Å². The van der Waals surface area contributed by atoms with E-state index in [1.54, 1.807) is 0 Å². The van der Waals surface area contributed by atoms with Crippen molar-refractivity contribution in [2.75, 3.05) is 13.2 Å². The van der Waals surface area contributed by atoms with Crippen molar-refractivity contribution in [3.05, 3.63) is 12.2 Å². The molecule has 0 bridgehead atoms. The van der Waals surface area contributed by atoms with Gasteiger partial charge in [0.2, 0.25) is 0 Å². The molecule has 0 aromatic rings. The molecule has 6 nitrogen and oxygen atoms in total. The van der Waals surface area contributed by atoms with Gasteiger partial charge in [0.05, 0.1) is 0 Å². The monoisotopic (exact) mass is 1090 g/mol. The Morgan fingerprint density at radius 2 is 0.455 bits per heavy atom. The number of hydrogen-bond acceptors (Lipinski definition) is 6. The summed E-state index contributed by atoms with van der Waals surface area (Å²) in [4.78, 5) is 38.2. The number of hydrogen-bond donors (Lipinski definition) is 0. The molecule has 77 heavy (non-hydrogen) atoms. The third-order valence-electron chi connectivity index (χ3n) is 16.3. The average Bonchev–Trinajstić information content (AvgIpc) is 3.43. The smallest absolute Gasteiger partial charge is 0.306 e. The standard InChI is InChI=1S/C71H136O6/c1-4-7-10-13-16-19-22-24-26-27-28-29-30-31-32-33-34-35-36-37-38-39-40-41-42-43-44-46-47-49-52-55-58-61-64-70(73)76-67-68(66-75-69(72)63-60-57-54-51-21-18-15-12-9-6-3)77-71(74)65-62-59-56-53-50-48-45-25-23-20-17-14-11-8-5-2/h12,15,68H,4-11,13-14,16-67H2,1-3H3/b15-12-. The summed E-state index contributed by atoms with van der Waals surface area (Å²) < 4.78 is 16.9. The minimum absolute atomic E-state index is 0.0664. The van der Waals surface area contributed by atoms with Crippen LogP contribution in [0.1, 0.15) is 406 Å². The van der Waals surface area contributed by atoms with E-state index in [2.05, 4.69) is 32.9 Å². The Kier molecular flexibility index (Phi) is 65.1. The molecular formula is C71H136O6. The molecule has 1 atom stereocenters. The fourth-order valence-corrected chi connectivity index (χ4v) is 11.0. The number of ether oxygens (including phenoxy) is 3. The minimum Gasteiger partial charge on any atom is -0.462 e. The maximum atomic E-state index is 12.9. The Labute approximate surface area is 481 Å². The maximum Gasteiger partial charge on any atom is 0.306 e. The lowest BCUT2D eigenvalue weighted by Gasteiger charge is -2.18. The van der Waals surface area contributed by atoms with E-state index < -0.39 is 6.10 Å². The Balaban J connectivity index is 3.96. The van der Waals surface area contributed by atoms with Crippen LogP contribution in [0.2, 0.25) is 0 Å². The molecule has 0 N–H and O–H groups in total. The second kappa shape index (κ2) is 66.7. The first kappa shape index (κ1) is 75.2. The summed E-state index contributed by atoms with van der Waals surface area (Å²) in [5.74, 6) is -0.849. The van der Waals surface area contributed by atoms with Gasteiger partial charge in [-0.15, -0.1) is 0 Å². The van der Waals surface area contributed by atoms with Gasteiger partial charge in [-0.3, -0.25) is 14.4 Å². The zero-order valence-electron chi connectivity index (χ0n) is 52.5. The lowest BCUT2D eigenvalue weighted by atomic mass is 10.0. The van der Waals surface area contributed by atoms with Gasteiger partial charge in [-0.05, 0) is 38.5 Å². The first-order valence-corrected chi connectivity index (χ1v) is 35.2. The fourth-order valence-electron chi connectivity index (χ4n) is 11.0. The summed E-state index contributed by atoms with van der Waals surface area (Å²) in [5.41, 5.74) is 0. The van der Waals surface area contributed by atoms with Crippen molar-refractivity contribution in [2.45, 2.75) is 412 Å². The highest BCUT2D eigenvalue weighted by molar-refractivity contribution is 5.71. The van der Waals surface area contributed by atoms with Crippen molar-refractivity contribution in [2.24, 2.45) is 0 Å². The summed E-state index contributed by atoms with van der Waals surface area (Å²) in [6.07, 6.45) is 79.9. The molecule has 0 radical (unpaired) electrons. The van der Waals surface area contributed by atoms with Crippen LogP contribution in [0.15, 0.2) is 12.2 Å². The topological polar surface area (TPSA) is 78.9 Å². The Hall–Kier alpha value is -1.85. The second-order valence-electron chi connectivity index (χ2n) is 24.2. The second-order valence-corrected chi connectivity index (χ2v) is 24.2. The van der Waals surface area contributed by atoms with Gasteiger partial charge in [0.15, 0.2) is 6.10 Å². The van der Waals surface area contributed by atoms with Crippen LogP contribution in [-0.2, 0) is 28.6 Å².